The molecule has 3 nitrogen and oxygen atoms in total. The minimum atomic E-state index is -2.14. The molecule has 10 heavy (non-hydrogen) atoms. The Labute approximate surface area is 79.2 Å². The predicted molar refractivity (Wildman–Crippen MR) is 47.6 cm³/mol. The van der Waals surface area contributed by atoms with Crippen molar-refractivity contribution in [2.75, 3.05) is 13.2 Å². The topological polar surface area (TPSA) is 35.5 Å². The molecule has 0 aromatic carbocycles. The van der Waals surface area contributed by atoms with E-state index in [9.17, 15) is 4.57 Å². The second-order valence-corrected chi connectivity index (χ2v) is 5.02. The maximum atomic E-state index is 10.7. The van der Waals surface area contributed by atoms with Crippen molar-refractivity contribution in [2.24, 2.45) is 0 Å². The Morgan fingerprint density at radius 1 is 1.10 bits per heavy atom. The SMILES string of the molecule is O=[PH](OCC[AsH2])OCC[AsH2]. The predicted octanol–water partition coefficient (Wildman–Crippen LogP) is -0.488. The summed E-state index contributed by atoms with van der Waals surface area (Å²) in [4.78, 5) is 0. The summed E-state index contributed by atoms with van der Waals surface area (Å²) in [5.41, 5.74) is 0. The Bertz CT molecular complexity index is 90.5. The van der Waals surface area contributed by atoms with Crippen LogP contribution in [0.2, 0.25) is 10.4 Å². The zero-order chi connectivity index (χ0) is 7.82. The Morgan fingerprint density at radius 3 is 1.80 bits per heavy atom. The van der Waals surface area contributed by atoms with Crippen LogP contribution >= 0.6 is 8.25 Å². The van der Waals surface area contributed by atoms with E-state index >= 15 is 0 Å². The monoisotopic (exact) mass is 290 g/mol. The molecule has 0 amide bonds. The molecule has 0 heterocycles. The number of hydrogen-bond donors (Lipinski definition) is 0. The molecule has 0 N–H and O–H groups in total. The van der Waals surface area contributed by atoms with Gasteiger partial charge < -0.3 is 0 Å². The first kappa shape index (κ1) is 11.3. The fourth-order valence-corrected chi connectivity index (χ4v) is 2.46. The van der Waals surface area contributed by atoms with Crippen LogP contribution in [0.3, 0.4) is 0 Å². The Balaban J connectivity index is 3.09. The number of hydrogen-bond acceptors (Lipinski definition) is 3. The molecular formula is C4H13As2O3P. The summed E-state index contributed by atoms with van der Waals surface area (Å²) in [5, 5.41) is 1.89. The molecule has 2 atom stereocenters. The molecule has 0 spiro atoms. The summed E-state index contributed by atoms with van der Waals surface area (Å²) < 4.78 is 20.4. The van der Waals surface area contributed by atoms with E-state index in [4.69, 9.17) is 9.05 Å². The molecule has 62 valence electrons. The van der Waals surface area contributed by atoms with E-state index in [-0.39, 0.29) is 0 Å². The fourth-order valence-electron chi connectivity index (χ4n) is 0.326. The molecule has 0 bridgehead atoms. The summed E-state index contributed by atoms with van der Waals surface area (Å²) in [5.74, 6) is 0. The molecule has 2 unspecified atom stereocenters. The van der Waals surface area contributed by atoms with Crippen LogP contribution in [0.5, 0.6) is 0 Å². The zero-order valence-electron chi connectivity index (χ0n) is 5.71. The van der Waals surface area contributed by atoms with E-state index in [1.807, 2.05) is 0 Å². The third kappa shape index (κ3) is 7.37. The van der Waals surface area contributed by atoms with Crippen molar-refractivity contribution >= 4 is 42.0 Å². The van der Waals surface area contributed by atoms with E-state index in [0.29, 0.717) is 13.2 Å². The standard InChI is InChI=1S/C4H13As2O3P/c5-1-3-8-10(7)9-4-2-6/h10H,1-6H2. The van der Waals surface area contributed by atoms with Crippen molar-refractivity contribution in [3.63, 3.8) is 0 Å². The molecular weight excluding hydrogens is 277 g/mol. The van der Waals surface area contributed by atoms with E-state index in [1.165, 1.54) is 0 Å². The average molecular weight is 290 g/mol. The molecule has 0 saturated heterocycles. The molecule has 0 aromatic heterocycles. The van der Waals surface area contributed by atoms with Crippen molar-refractivity contribution in [2.45, 2.75) is 10.4 Å². The van der Waals surface area contributed by atoms with Crippen LogP contribution in [-0.4, -0.2) is 46.9 Å². The quantitative estimate of drug-likeness (QED) is 0.489. The summed E-state index contributed by atoms with van der Waals surface area (Å²) >= 11 is 3.16. The van der Waals surface area contributed by atoms with Crippen molar-refractivity contribution in [3.8, 4) is 0 Å². The van der Waals surface area contributed by atoms with E-state index < -0.39 is 8.25 Å². The van der Waals surface area contributed by atoms with Gasteiger partial charge in [0.05, 0.1) is 0 Å². The zero-order valence-corrected chi connectivity index (χ0v) is 11.6. The first-order chi connectivity index (χ1) is 4.81. The van der Waals surface area contributed by atoms with E-state index in [0.717, 1.165) is 10.4 Å². The van der Waals surface area contributed by atoms with Crippen molar-refractivity contribution in [1.82, 2.24) is 0 Å². The molecule has 6 heteroatoms. The Morgan fingerprint density at radius 2 is 1.50 bits per heavy atom. The third-order valence-corrected chi connectivity index (χ3v) is 2.54. The molecule has 0 aliphatic carbocycles. The third-order valence-electron chi connectivity index (χ3n) is 0.676. The van der Waals surface area contributed by atoms with Crippen molar-refractivity contribution < 1.29 is 13.6 Å². The van der Waals surface area contributed by atoms with Gasteiger partial charge in [-0.05, 0) is 0 Å². The van der Waals surface area contributed by atoms with Crippen LogP contribution in [0.1, 0.15) is 0 Å². The minimum absolute atomic E-state index is 0.562. The van der Waals surface area contributed by atoms with Gasteiger partial charge in [0.1, 0.15) is 0 Å². The first-order valence-electron chi connectivity index (χ1n) is 3.01. The van der Waals surface area contributed by atoms with Gasteiger partial charge in [-0.15, -0.1) is 0 Å². The number of rotatable bonds is 6. The van der Waals surface area contributed by atoms with Crippen LogP contribution in [0.25, 0.3) is 0 Å². The second kappa shape index (κ2) is 8.36. The van der Waals surface area contributed by atoms with Crippen LogP contribution in [0.15, 0.2) is 0 Å². The molecule has 0 fully saturated rings. The normalized spacial score (nSPS) is 10.7. The van der Waals surface area contributed by atoms with Gasteiger partial charge in [0.25, 0.3) is 0 Å². The fraction of sp³-hybridized carbons (Fsp3) is 1.00. The van der Waals surface area contributed by atoms with Gasteiger partial charge in [-0.3, -0.25) is 0 Å². The van der Waals surface area contributed by atoms with Gasteiger partial charge in [0.15, 0.2) is 0 Å². The van der Waals surface area contributed by atoms with Crippen molar-refractivity contribution in [1.29, 1.82) is 0 Å². The van der Waals surface area contributed by atoms with Crippen LogP contribution in [0, 0.1) is 0 Å². The van der Waals surface area contributed by atoms with Crippen LogP contribution < -0.4 is 0 Å². The molecule has 0 saturated carbocycles. The molecule has 0 aliphatic rings. The second-order valence-electron chi connectivity index (χ2n) is 1.52. The summed E-state index contributed by atoms with van der Waals surface area (Å²) in [6.45, 7) is 1.12. The van der Waals surface area contributed by atoms with E-state index in [1.54, 1.807) is 33.7 Å². The van der Waals surface area contributed by atoms with Gasteiger partial charge in [-0.2, -0.15) is 0 Å². The summed E-state index contributed by atoms with van der Waals surface area (Å²) in [6, 6.07) is 0. The molecule has 0 aromatic rings. The molecule has 0 rings (SSSR count). The van der Waals surface area contributed by atoms with Gasteiger partial charge in [-0.25, -0.2) is 0 Å². The van der Waals surface area contributed by atoms with Crippen molar-refractivity contribution in [3.05, 3.63) is 0 Å². The Kier molecular flexibility index (Phi) is 9.42. The van der Waals surface area contributed by atoms with Gasteiger partial charge >= 0.3 is 79.2 Å². The summed E-state index contributed by atoms with van der Waals surface area (Å²) in [7, 11) is -2.14. The van der Waals surface area contributed by atoms with E-state index in [2.05, 4.69) is 0 Å². The first-order valence-corrected chi connectivity index (χ1v) is 7.66. The summed E-state index contributed by atoms with van der Waals surface area (Å²) in [6.07, 6.45) is 0. The maximum absolute atomic E-state index is 10.7. The molecule has 0 radical (unpaired) electrons. The molecule has 0 aliphatic heterocycles. The van der Waals surface area contributed by atoms with Crippen LogP contribution in [0.4, 0.5) is 0 Å². The van der Waals surface area contributed by atoms with Gasteiger partial charge in [0.2, 0.25) is 0 Å². The van der Waals surface area contributed by atoms with Crippen LogP contribution in [-0.2, 0) is 13.6 Å². The average Bonchev–Trinajstić information content (AvgIpc) is 1.97. The van der Waals surface area contributed by atoms with Gasteiger partial charge in [0, 0.05) is 0 Å². The Hall–Kier alpha value is 1.27. The van der Waals surface area contributed by atoms with Gasteiger partial charge in [-0.1, -0.05) is 0 Å².